The Hall–Kier alpha value is -3.83. The first-order valence-corrected chi connectivity index (χ1v) is 14.8. The number of fused-ring (bicyclic) bond motifs is 2. The smallest absolute Gasteiger partial charge is 0.318 e. The summed E-state index contributed by atoms with van der Waals surface area (Å²) in [4.78, 5) is 30.5. The van der Waals surface area contributed by atoms with Crippen molar-refractivity contribution in [3.8, 4) is 18.4 Å². The summed E-state index contributed by atoms with van der Waals surface area (Å²) in [6.07, 6.45) is 12.8. The summed E-state index contributed by atoms with van der Waals surface area (Å²) in [6, 6.07) is 10.1. The van der Waals surface area contributed by atoms with Gasteiger partial charge in [-0.1, -0.05) is 30.9 Å². The predicted octanol–water partition coefficient (Wildman–Crippen LogP) is 4.84. The molecule has 1 amide bonds. The van der Waals surface area contributed by atoms with Crippen LogP contribution in [0.25, 0.3) is 10.8 Å². The lowest BCUT2D eigenvalue weighted by molar-refractivity contribution is 0.0752. The number of aromatic nitrogens is 2. The van der Waals surface area contributed by atoms with Gasteiger partial charge in [0.05, 0.1) is 31.0 Å². The number of nitrogens with two attached hydrogens (primary N) is 1. The number of benzene rings is 2. The molecular weight excluding hydrogens is 512 g/mol. The van der Waals surface area contributed by atoms with Crippen LogP contribution >= 0.6 is 0 Å². The number of terminal acetylenes is 1. The van der Waals surface area contributed by atoms with Crippen molar-refractivity contribution in [2.45, 2.75) is 64.6 Å². The van der Waals surface area contributed by atoms with Gasteiger partial charge in [-0.2, -0.15) is 9.97 Å². The highest BCUT2D eigenvalue weighted by Gasteiger charge is 2.44. The number of carbonyl (C=O) groups excluding carboxylic acids is 1. The van der Waals surface area contributed by atoms with Crippen molar-refractivity contribution < 1.29 is 9.53 Å². The van der Waals surface area contributed by atoms with Crippen LogP contribution in [0, 0.1) is 17.8 Å². The van der Waals surface area contributed by atoms with Crippen molar-refractivity contribution in [3.63, 3.8) is 0 Å². The minimum absolute atomic E-state index is 0.108. The molecule has 2 aliphatic heterocycles. The molecule has 0 radical (unpaired) electrons. The van der Waals surface area contributed by atoms with Gasteiger partial charge in [0.2, 0.25) is 0 Å². The van der Waals surface area contributed by atoms with Crippen molar-refractivity contribution >= 4 is 28.2 Å². The molecule has 1 saturated heterocycles. The zero-order chi connectivity index (χ0) is 28.7. The molecule has 214 valence electrons. The van der Waals surface area contributed by atoms with Crippen LogP contribution < -0.4 is 15.4 Å². The standard InChI is InChI=1S/C33H40N6O2/c1-5-23-11-9-12-24-16-25(34)17-26(29(23)24)31(40)38-18-27-28(19-38)35-32(41-21-33(13-14-33)20-37(3)4)36-30(27)39-15-8-6-7-10-22(39)2/h1,9,11-12,16-17,22H,6-8,10,13-15,18-21,34H2,2-4H3/t22-/m1/s1. The molecule has 0 unspecified atom stereocenters. The predicted molar refractivity (Wildman–Crippen MR) is 163 cm³/mol. The number of carbonyl (C=O) groups is 1. The summed E-state index contributed by atoms with van der Waals surface area (Å²) >= 11 is 0. The van der Waals surface area contributed by atoms with Gasteiger partial charge in [-0.05, 0) is 70.3 Å². The second-order valence-corrected chi connectivity index (χ2v) is 12.5. The number of anilines is 2. The van der Waals surface area contributed by atoms with E-state index in [1.807, 2.05) is 29.2 Å². The van der Waals surface area contributed by atoms with Crippen molar-refractivity contribution in [1.82, 2.24) is 19.8 Å². The van der Waals surface area contributed by atoms with Crippen molar-refractivity contribution in [2.75, 3.05) is 44.4 Å². The summed E-state index contributed by atoms with van der Waals surface area (Å²) in [5, 5.41) is 1.62. The Balaban J connectivity index is 1.35. The Morgan fingerprint density at radius 1 is 1.20 bits per heavy atom. The lowest BCUT2D eigenvalue weighted by atomic mass is 9.98. The topological polar surface area (TPSA) is 87.8 Å². The zero-order valence-electron chi connectivity index (χ0n) is 24.4. The number of hydrogen-bond donors (Lipinski definition) is 1. The van der Waals surface area contributed by atoms with E-state index in [2.05, 4.69) is 36.7 Å². The average molecular weight is 553 g/mol. The van der Waals surface area contributed by atoms with Crippen LogP contribution in [-0.2, 0) is 13.1 Å². The molecule has 2 N–H and O–H groups in total. The van der Waals surface area contributed by atoms with Gasteiger partial charge in [0.1, 0.15) is 5.82 Å². The second kappa shape index (κ2) is 10.9. The van der Waals surface area contributed by atoms with Gasteiger partial charge in [-0.3, -0.25) is 4.79 Å². The van der Waals surface area contributed by atoms with Crippen molar-refractivity contribution in [3.05, 3.63) is 52.7 Å². The normalized spacial score (nSPS) is 19.6. The van der Waals surface area contributed by atoms with E-state index < -0.39 is 0 Å². The lowest BCUT2D eigenvalue weighted by Crippen LogP contribution is -2.34. The van der Waals surface area contributed by atoms with E-state index in [4.69, 9.17) is 26.9 Å². The molecule has 8 nitrogen and oxygen atoms in total. The SMILES string of the molecule is C#Cc1cccc2cc(N)cc(C(=O)N3Cc4nc(OCC5(CN(C)C)CC5)nc(N5CCCCC[C@H]5C)c4C3)c12. The van der Waals surface area contributed by atoms with Crippen LogP contribution in [0.2, 0.25) is 0 Å². The van der Waals surface area contributed by atoms with Gasteiger partial charge in [0, 0.05) is 46.7 Å². The quantitative estimate of drug-likeness (QED) is 0.332. The summed E-state index contributed by atoms with van der Waals surface area (Å²) < 4.78 is 6.32. The van der Waals surface area contributed by atoms with Crippen LogP contribution in [0.1, 0.15) is 72.6 Å². The number of hydrogen-bond acceptors (Lipinski definition) is 7. The molecule has 1 aliphatic carbocycles. The van der Waals surface area contributed by atoms with Crippen LogP contribution in [0.15, 0.2) is 30.3 Å². The molecule has 2 fully saturated rings. The first-order valence-electron chi connectivity index (χ1n) is 14.8. The maximum absolute atomic E-state index is 14.1. The molecule has 2 aromatic carbocycles. The Morgan fingerprint density at radius 2 is 2.02 bits per heavy atom. The van der Waals surface area contributed by atoms with Crippen LogP contribution in [0.3, 0.4) is 0 Å². The minimum Gasteiger partial charge on any atom is -0.463 e. The van der Waals surface area contributed by atoms with Gasteiger partial charge in [-0.25, -0.2) is 0 Å². The van der Waals surface area contributed by atoms with Gasteiger partial charge in [0.25, 0.3) is 5.91 Å². The molecular formula is C33H40N6O2. The van der Waals surface area contributed by atoms with Gasteiger partial charge in [-0.15, -0.1) is 6.42 Å². The Bertz CT molecular complexity index is 1520. The maximum Gasteiger partial charge on any atom is 0.318 e. The number of rotatable bonds is 7. The minimum atomic E-state index is -0.108. The van der Waals surface area contributed by atoms with Gasteiger partial charge < -0.3 is 25.2 Å². The van der Waals surface area contributed by atoms with Crippen LogP contribution in [-0.4, -0.2) is 65.5 Å². The highest BCUT2D eigenvalue weighted by Crippen LogP contribution is 2.46. The molecule has 0 spiro atoms. The van der Waals surface area contributed by atoms with E-state index in [9.17, 15) is 4.79 Å². The highest BCUT2D eigenvalue weighted by atomic mass is 16.5. The van der Waals surface area contributed by atoms with E-state index in [0.29, 0.717) is 48.6 Å². The first kappa shape index (κ1) is 27.3. The first-order chi connectivity index (χ1) is 19.8. The van der Waals surface area contributed by atoms with Gasteiger partial charge in [0.15, 0.2) is 0 Å². The Morgan fingerprint density at radius 3 is 2.78 bits per heavy atom. The molecule has 1 saturated carbocycles. The fourth-order valence-electron chi connectivity index (χ4n) is 6.57. The molecule has 41 heavy (non-hydrogen) atoms. The molecule has 1 aromatic heterocycles. The van der Waals surface area contributed by atoms with Crippen LogP contribution in [0.4, 0.5) is 11.5 Å². The third kappa shape index (κ3) is 5.43. The van der Waals surface area contributed by atoms with E-state index in [-0.39, 0.29) is 11.3 Å². The van der Waals surface area contributed by atoms with Crippen LogP contribution in [0.5, 0.6) is 6.01 Å². The van der Waals surface area contributed by atoms with E-state index in [0.717, 1.165) is 66.6 Å². The molecule has 3 aromatic rings. The summed E-state index contributed by atoms with van der Waals surface area (Å²) in [6.45, 7) is 5.63. The highest BCUT2D eigenvalue weighted by molar-refractivity contribution is 6.10. The largest absolute Gasteiger partial charge is 0.463 e. The molecule has 3 aliphatic rings. The van der Waals surface area contributed by atoms with Gasteiger partial charge >= 0.3 is 6.01 Å². The number of nitrogens with zero attached hydrogens (tertiary/aromatic N) is 5. The second-order valence-electron chi connectivity index (χ2n) is 12.5. The Kier molecular flexibility index (Phi) is 7.25. The van der Waals surface area contributed by atoms with Crippen molar-refractivity contribution in [1.29, 1.82) is 0 Å². The van der Waals surface area contributed by atoms with E-state index in [1.165, 1.54) is 12.8 Å². The fourth-order valence-corrected chi connectivity index (χ4v) is 6.57. The van der Waals surface area contributed by atoms with E-state index in [1.54, 1.807) is 6.07 Å². The average Bonchev–Trinajstić information content (AvgIpc) is 3.63. The molecule has 3 heterocycles. The summed E-state index contributed by atoms with van der Waals surface area (Å²) in [5.74, 6) is 3.55. The molecule has 1 atom stereocenters. The Labute approximate surface area is 242 Å². The summed E-state index contributed by atoms with van der Waals surface area (Å²) in [7, 11) is 4.21. The molecule has 8 heteroatoms. The number of nitrogen functional groups attached to an aromatic ring is 1. The monoisotopic (exact) mass is 552 g/mol. The number of ether oxygens (including phenoxy) is 1. The van der Waals surface area contributed by atoms with E-state index >= 15 is 0 Å². The lowest BCUT2D eigenvalue weighted by Gasteiger charge is -2.30. The third-order valence-corrected chi connectivity index (χ3v) is 8.85. The third-order valence-electron chi connectivity index (χ3n) is 8.85. The fraction of sp³-hybridized carbons (Fsp3) is 0.485. The summed E-state index contributed by atoms with van der Waals surface area (Å²) in [5.41, 5.74) is 10.0. The zero-order valence-corrected chi connectivity index (χ0v) is 24.4. The molecule has 0 bridgehead atoms. The van der Waals surface area contributed by atoms with Crippen molar-refractivity contribution in [2.24, 2.45) is 5.41 Å². The molecule has 6 rings (SSSR count). The number of amides is 1. The maximum atomic E-state index is 14.1.